The van der Waals surface area contributed by atoms with E-state index in [1.807, 2.05) is 0 Å². The van der Waals surface area contributed by atoms with Gasteiger partial charge in [-0.2, -0.15) is 0 Å². The largest absolute Gasteiger partial charge is 0.430 e. The Morgan fingerprint density at radius 2 is 2.09 bits per heavy atom. The average molecular weight is 318 g/mol. The van der Waals surface area contributed by atoms with Crippen molar-refractivity contribution in [3.05, 3.63) is 29.1 Å². The standard InChI is InChI=1S/C18H26BFNO2/c1-11(2)8-12(18(3,4)5)9-21-17(22)13-6-7-15-14(16(13)20)10-23-19-15/h6-7,11-12H,8-10H2,1-5H3,(H,21,22). The summed E-state index contributed by atoms with van der Waals surface area (Å²) in [7, 11) is 1.53. The van der Waals surface area contributed by atoms with Gasteiger partial charge in [0, 0.05) is 12.1 Å². The summed E-state index contributed by atoms with van der Waals surface area (Å²) < 4.78 is 19.6. The molecule has 0 saturated carbocycles. The van der Waals surface area contributed by atoms with Crippen LogP contribution in [0.25, 0.3) is 0 Å². The molecule has 5 heteroatoms. The summed E-state index contributed by atoms with van der Waals surface area (Å²) in [4.78, 5) is 12.4. The van der Waals surface area contributed by atoms with Gasteiger partial charge in [0.15, 0.2) is 0 Å². The number of fused-ring (bicyclic) bond motifs is 1. The number of hydrogen-bond donors (Lipinski definition) is 1. The van der Waals surface area contributed by atoms with E-state index in [1.165, 1.54) is 13.5 Å². The molecular formula is C18H26BFNO2. The van der Waals surface area contributed by atoms with Crippen LogP contribution in [0.15, 0.2) is 12.1 Å². The lowest BCUT2D eigenvalue weighted by Crippen LogP contribution is -2.36. The van der Waals surface area contributed by atoms with E-state index in [2.05, 4.69) is 39.9 Å². The Bertz CT molecular complexity index is 581. The molecule has 2 rings (SSSR count). The molecule has 1 aliphatic heterocycles. The lowest BCUT2D eigenvalue weighted by molar-refractivity contribution is 0.0922. The number of halogens is 1. The van der Waals surface area contributed by atoms with E-state index < -0.39 is 5.82 Å². The van der Waals surface area contributed by atoms with Crippen molar-refractivity contribution in [1.82, 2.24) is 5.32 Å². The van der Waals surface area contributed by atoms with E-state index in [1.54, 1.807) is 6.07 Å². The number of carbonyl (C=O) groups excluding carboxylic acids is 1. The molecule has 3 nitrogen and oxygen atoms in total. The van der Waals surface area contributed by atoms with Gasteiger partial charge in [-0.25, -0.2) is 4.39 Å². The molecule has 0 spiro atoms. The Morgan fingerprint density at radius 3 is 2.70 bits per heavy atom. The fourth-order valence-corrected chi connectivity index (χ4v) is 2.91. The van der Waals surface area contributed by atoms with E-state index in [9.17, 15) is 9.18 Å². The third-order valence-electron chi connectivity index (χ3n) is 4.45. The van der Waals surface area contributed by atoms with Crippen molar-refractivity contribution in [1.29, 1.82) is 0 Å². The Labute approximate surface area is 139 Å². The minimum Gasteiger partial charge on any atom is -0.430 e. The maximum Gasteiger partial charge on any atom is 0.330 e. The highest BCUT2D eigenvalue weighted by Crippen LogP contribution is 2.30. The van der Waals surface area contributed by atoms with E-state index >= 15 is 0 Å². The molecule has 0 saturated heterocycles. The molecule has 1 aromatic rings. The number of hydrogen-bond acceptors (Lipinski definition) is 2. The smallest absolute Gasteiger partial charge is 0.330 e. The molecule has 0 aromatic heterocycles. The lowest BCUT2D eigenvalue weighted by atomic mass is 9.76. The van der Waals surface area contributed by atoms with E-state index in [0.29, 0.717) is 29.4 Å². The lowest BCUT2D eigenvalue weighted by Gasteiger charge is -2.32. The second-order valence-electron chi connectivity index (χ2n) is 7.83. The minimum absolute atomic E-state index is 0.0941. The zero-order valence-electron chi connectivity index (χ0n) is 14.7. The molecule has 1 aromatic carbocycles. The molecule has 0 bridgehead atoms. The van der Waals surface area contributed by atoms with Crippen LogP contribution < -0.4 is 10.8 Å². The summed E-state index contributed by atoms with van der Waals surface area (Å²) in [5.41, 5.74) is 1.37. The van der Waals surface area contributed by atoms with Gasteiger partial charge in [0.25, 0.3) is 5.91 Å². The molecule has 1 N–H and O–H groups in total. The van der Waals surface area contributed by atoms with Crippen LogP contribution in [-0.4, -0.2) is 19.9 Å². The van der Waals surface area contributed by atoms with Crippen molar-refractivity contribution in [2.75, 3.05) is 6.54 Å². The molecule has 23 heavy (non-hydrogen) atoms. The molecule has 1 atom stereocenters. The average Bonchev–Trinajstić information content (AvgIpc) is 2.91. The van der Waals surface area contributed by atoms with Crippen molar-refractivity contribution >= 4 is 18.9 Å². The summed E-state index contributed by atoms with van der Waals surface area (Å²) in [6, 6.07) is 3.26. The Kier molecular flexibility index (Phi) is 5.51. The van der Waals surface area contributed by atoms with Gasteiger partial charge >= 0.3 is 7.48 Å². The number of nitrogens with one attached hydrogen (secondary N) is 1. The van der Waals surface area contributed by atoms with Gasteiger partial charge < -0.3 is 9.97 Å². The maximum atomic E-state index is 14.4. The third-order valence-corrected chi connectivity index (χ3v) is 4.45. The van der Waals surface area contributed by atoms with Crippen molar-refractivity contribution in [3.8, 4) is 0 Å². The van der Waals surface area contributed by atoms with Gasteiger partial charge in [-0.05, 0) is 35.2 Å². The fourth-order valence-electron chi connectivity index (χ4n) is 2.91. The van der Waals surface area contributed by atoms with E-state index in [0.717, 1.165) is 6.42 Å². The highest BCUT2D eigenvalue weighted by atomic mass is 19.1. The monoisotopic (exact) mass is 318 g/mol. The van der Waals surface area contributed by atoms with Crippen molar-refractivity contribution in [2.24, 2.45) is 17.3 Å². The number of rotatable bonds is 5. The number of carbonyl (C=O) groups is 1. The van der Waals surface area contributed by atoms with Crippen LogP contribution in [0.4, 0.5) is 4.39 Å². The highest BCUT2D eigenvalue weighted by molar-refractivity contribution is 6.48. The summed E-state index contributed by atoms with van der Waals surface area (Å²) in [5, 5.41) is 2.91. The maximum absolute atomic E-state index is 14.4. The first kappa shape index (κ1) is 18.0. The topological polar surface area (TPSA) is 38.3 Å². The van der Waals surface area contributed by atoms with Gasteiger partial charge in [-0.1, -0.05) is 40.7 Å². The van der Waals surface area contributed by atoms with Gasteiger partial charge in [-0.15, -0.1) is 0 Å². The molecule has 1 unspecified atom stereocenters. The van der Waals surface area contributed by atoms with Gasteiger partial charge in [-0.3, -0.25) is 4.79 Å². The van der Waals surface area contributed by atoms with Crippen LogP contribution in [0.5, 0.6) is 0 Å². The molecule has 1 radical (unpaired) electrons. The normalized spacial score (nSPS) is 15.3. The molecule has 1 aliphatic rings. The molecule has 0 fully saturated rings. The van der Waals surface area contributed by atoms with E-state index in [4.69, 9.17) is 4.65 Å². The number of benzene rings is 1. The summed E-state index contributed by atoms with van der Waals surface area (Å²) in [5.74, 6) is 0.0845. The molecular weight excluding hydrogens is 292 g/mol. The SMILES string of the molecule is CC(C)CC(CNC(=O)c1ccc2c(c1F)CO[B]2)C(C)(C)C. The first-order valence-electron chi connectivity index (χ1n) is 8.24. The zero-order valence-corrected chi connectivity index (χ0v) is 14.7. The van der Waals surface area contributed by atoms with Gasteiger partial charge in [0.05, 0.1) is 12.2 Å². The van der Waals surface area contributed by atoms with Crippen LogP contribution in [0, 0.1) is 23.1 Å². The van der Waals surface area contributed by atoms with Crippen LogP contribution >= 0.6 is 0 Å². The predicted molar refractivity (Wildman–Crippen MR) is 91.3 cm³/mol. The molecule has 1 heterocycles. The molecule has 1 amide bonds. The quantitative estimate of drug-likeness (QED) is 0.848. The fraction of sp³-hybridized carbons (Fsp3) is 0.611. The van der Waals surface area contributed by atoms with Crippen molar-refractivity contribution in [3.63, 3.8) is 0 Å². The zero-order chi connectivity index (χ0) is 17.2. The van der Waals surface area contributed by atoms with Crippen LogP contribution in [0.3, 0.4) is 0 Å². The Hall–Kier alpha value is -1.36. The Morgan fingerprint density at radius 1 is 1.39 bits per heavy atom. The van der Waals surface area contributed by atoms with Crippen LogP contribution in [-0.2, 0) is 11.3 Å². The van der Waals surface area contributed by atoms with Gasteiger partial charge in [0.2, 0.25) is 0 Å². The van der Waals surface area contributed by atoms with Crippen LogP contribution in [0.2, 0.25) is 0 Å². The second kappa shape index (κ2) is 7.04. The summed E-state index contributed by atoms with van der Waals surface area (Å²) in [6.45, 7) is 11.6. The second-order valence-corrected chi connectivity index (χ2v) is 7.83. The first-order valence-corrected chi connectivity index (χ1v) is 8.24. The van der Waals surface area contributed by atoms with Crippen molar-refractivity contribution < 1.29 is 13.8 Å². The molecule has 0 aliphatic carbocycles. The highest BCUT2D eigenvalue weighted by Gasteiger charge is 2.27. The van der Waals surface area contributed by atoms with Gasteiger partial charge in [0.1, 0.15) is 5.82 Å². The Balaban J connectivity index is 2.07. The van der Waals surface area contributed by atoms with E-state index in [-0.39, 0.29) is 23.5 Å². The minimum atomic E-state index is -0.468. The van der Waals surface area contributed by atoms with Crippen LogP contribution in [0.1, 0.15) is 57.0 Å². The van der Waals surface area contributed by atoms with Crippen molar-refractivity contribution in [2.45, 2.75) is 47.6 Å². The first-order chi connectivity index (χ1) is 10.7. The summed E-state index contributed by atoms with van der Waals surface area (Å²) in [6.07, 6.45) is 1.03. The predicted octanol–water partition coefficient (Wildman–Crippen LogP) is 3.04. The summed E-state index contributed by atoms with van der Waals surface area (Å²) >= 11 is 0. The third kappa shape index (κ3) is 4.34. The molecule has 125 valence electrons. The number of amides is 1.